The highest BCUT2D eigenvalue weighted by Crippen LogP contribution is 2.48. The van der Waals surface area contributed by atoms with E-state index >= 15 is 0 Å². The first kappa shape index (κ1) is 25.4. The van der Waals surface area contributed by atoms with Crippen molar-refractivity contribution in [1.29, 1.82) is 5.26 Å². The van der Waals surface area contributed by atoms with Crippen molar-refractivity contribution >= 4 is 6.08 Å². The molecule has 0 fully saturated rings. The maximum Gasteiger partial charge on any atom is 0.205 e. The van der Waals surface area contributed by atoms with Gasteiger partial charge in [0.2, 0.25) is 5.88 Å². The zero-order chi connectivity index (χ0) is 28.0. The lowest BCUT2D eigenvalue weighted by atomic mass is 9.76. The van der Waals surface area contributed by atoms with E-state index in [0.717, 1.165) is 81.4 Å². The molecular weight excluding hydrogens is 496 g/mol. The standard InChI is InChI=1S/C33H32N6O/c1-20-28(22(3)38(36-20)25-13-7-5-8-14-25)18-24-12-11-17-27-31(29(19-34)33(35)40-32(24)27)30-21(2)37-39(23(30)4)26-15-9-6-10-16-26/h5-10,13-16,18,31H,11-12,17,35H2,1-4H3/b24-18+. The summed E-state index contributed by atoms with van der Waals surface area (Å²) in [6.45, 7) is 8.20. The van der Waals surface area contributed by atoms with Crippen LogP contribution in [0.25, 0.3) is 17.5 Å². The van der Waals surface area contributed by atoms with Crippen molar-refractivity contribution in [2.45, 2.75) is 52.9 Å². The molecule has 40 heavy (non-hydrogen) atoms. The van der Waals surface area contributed by atoms with Crippen molar-refractivity contribution < 1.29 is 4.74 Å². The van der Waals surface area contributed by atoms with E-state index in [0.29, 0.717) is 5.57 Å². The number of hydrogen-bond acceptors (Lipinski definition) is 5. The van der Waals surface area contributed by atoms with E-state index in [1.54, 1.807) is 0 Å². The van der Waals surface area contributed by atoms with Crippen LogP contribution in [0.2, 0.25) is 0 Å². The van der Waals surface area contributed by atoms with E-state index in [1.165, 1.54) is 0 Å². The van der Waals surface area contributed by atoms with E-state index in [-0.39, 0.29) is 11.8 Å². The first-order chi connectivity index (χ1) is 19.4. The van der Waals surface area contributed by atoms with E-state index < -0.39 is 0 Å². The number of aryl methyl sites for hydroxylation is 2. The second-order valence-corrected chi connectivity index (χ2v) is 10.5. The molecule has 2 aromatic carbocycles. The van der Waals surface area contributed by atoms with Gasteiger partial charge in [-0.2, -0.15) is 15.5 Å². The third-order valence-corrected chi connectivity index (χ3v) is 8.01. The van der Waals surface area contributed by atoms with Crippen LogP contribution in [0.15, 0.2) is 89.0 Å². The molecule has 1 aliphatic heterocycles. The number of ether oxygens (including phenoxy) is 1. The summed E-state index contributed by atoms with van der Waals surface area (Å²) >= 11 is 0. The number of rotatable bonds is 4. The summed E-state index contributed by atoms with van der Waals surface area (Å²) in [4.78, 5) is 0. The highest BCUT2D eigenvalue weighted by atomic mass is 16.5. The summed E-state index contributed by atoms with van der Waals surface area (Å²) in [5, 5.41) is 19.9. The quantitative estimate of drug-likeness (QED) is 0.321. The average Bonchev–Trinajstić information content (AvgIpc) is 3.42. The van der Waals surface area contributed by atoms with Crippen LogP contribution in [-0.4, -0.2) is 19.6 Å². The highest BCUT2D eigenvalue weighted by molar-refractivity contribution is 5.65. The van der Waals surface area contributed by atoms with Gasteiger partial charge in [-0.15, -0.1) is 0 Å². The van der Waals surface area contributed by atoms with Crippen LogP contribution in [0, 0.1) is 39.0 Å². The van der Waals surface area contributed by atoms with Crippen LogP contribution in [0.5, 0.6) is 0 Å². The van der Waals surface area contributed by atoms with E-state index in [9.17, 15) is 5.26 Å². The number of nitriles is 1. The Morgan fingerprint density at radius 2 is 1.48 bits per heavy atom. The second kappa shape index (κ2) is 10.0. The number of hydrogen-bond donors (Lipinski definition) is 1. The van der Waals surface area contributed by atoms with E-state index in [4.69, 9.17) is 20.7 Å². The number of benzene rings is 2. The van der Waals surface area contributed by atoms with Gasteiger partial charge in [0.05, 0.1) is 28.7 Å². The molecule has 0 bridgehead atoms. The summed E-state index contributed by atoms with van der Waals surface area (Å²) in [7, 11) is 0. The Kier molecular flexibility index (Phi) is 6.39. The van der Waals surface area contributed by atoms with Gasteiger partial charge in [0, 0.05) is 22.5 Å². The van der Waals surface area contributed by atoms with Gasteiger partial charge < -0.3 is 10.5 Å². The predicted octanol–water partition coefficient (Wildman–Crippen LogP) is 6.62. The molecule has 1 aliphatic carbocycles. The van der Waals surface area contributed by atoms with Crippen molar-refractivity contribution in [2.24, 2.45) is 5.73 Å². The fraction of sp³-hybridized carbons (Fsp3) is 0.242. The number of aromatic nitrogens is 4. The van der Waals surface area contributed by atoms with Crippen molar-refractivity contribution in [2.75, 3.05) is 0 Å². The molecule has 2 aliphatic rings. The highest BCUT2D eigenvalue weighted by Gasteiger charge is 2.38. The molecule has 0 saturated heterocycles. The molecule has 1 atom stereocenters. The Bertz CT molecular complexity index is 1750. The summed E-state index contributed by atoms with van der Waals surface area (Å²) in [6.07, 6.45) is 4.84. The van der Waals surface area contributed by atoms with Crippen molar-refractivity contribution in [3.05, 3.63) is 123 Å². The van der Waals surface area contributed by atoms with Gasteiger partial charge in [-0.05, 0) is 88.4 Å². The molecule has 0 radical (unpaired) electrons. The van der Waals surface area contributed by atoms with Crippen LogP contribution in [0.4, 0.5) is 0 Å². The van der Waals surface area contributed by atoms with Gasteiger partial charge in [0.15, 0.2) is 0 Å². The lowest BCUT2D eigenvalue weighted by Crippen LogP contribution is -2.24. The van der Waals surface area contributed by atoms with Crippen molar-refractivity contribution in [1.82, 2.24) is 19.6 Å². The molecule has 2 N–H and O–H groups in total. The Hall–Kier alpha value is -4.83. The van der Waals surface area contributed by atoms with Crippen LogP contribution in [0.3, 0.4) is 0 Å². The Labute approximate surface area is 234 Å². The molecule has 4 aromatic rings. The minimum Gasteiger partial charge on any atom is -0.440 e. The molecule has 2 aromatic heterocycles. The zero-order valence-electron chi connectivity index (χ0n) is 23.3. The lowest BCUT2D eigenvalue weighted by Gasteiger charge is -2.33. The van der Waals surface area contributed by atoms with Gasteiger partial charge in [0.25, 0.3) is 0 Å². The molecule has 1 unspecified atom stereocenters. The SMILES string of the molecule is Cc1nn(-c2ccccc2)c(C)c1/C=C1\CCCC2=C1OC(N)=C(C#N)C2c1c(C)nn(-c2ccccc2)c1C. The molecule has 0 spiro atoms. The lowest BCUT2D eigenvalue weighted by molar-refractivity contribution is 0.277. The topological polar surface area (TPSA) is 94.7 Å². The number of para-hydroxylation sites is 2. The Balaban J connectivity index is 1.49. The largest absolute Gasteiger partial charge is 0.440 e. The molecule has 7 heteroatoms. The zero-order valence-corrected chi connectivity index (χ0v) is 23.3. The van der Waals surface area contributed by atoms with Crippen molar-refractivity contribution in [3.63, 3.8) is 0 Å². The summed E-state index contributed by atoms with van der Waals surface area (Å²) < 4.78 is 10.2. The minimum atomic E-state index is -0.302. The van der Waals surface area contributed by atoms with Crippen molar-refractivity contribution in [3.8, 4) is 17.4 Å². The molecule has 0 amide bonds. The van der Waals surface area contributed by atoms with E-state index in [1.807, 2.05) is 71.7 Å². The maximum atomic E-state index is 10.2. The number of allylic oxidation sites excluding steroid dienone is 3. The summed E-state index contributed by atoms with van der Waals surface area (Å²) in [6, 6.07) is 22.6. The Morgan fingerprint density at radius 1 is 0.875 bits per heavy atom. The predicted molar refractivity (Wildman–Crippen MR) is 156 cm³/mol. The number of nitrogens with zero attached hydrogens (tertiary/aromatic N) is 5. The minimum absolute atomic E-state index is 0.165. The molecule has 200 valence electrons. The van der Waals surface area contributed by atoms with Crippen LogP contribution in [-0.2, 0) is 4.74 Å². The average molecular weight is 529 g/mol. The monoisotopic (exact) mass is 528 g/mol. The number of nitrogens with two attached hydrogens (primary N) is 1. The smallest absolute Gasteiger partial charge is 0.205 e. The molecule has 3 heterocycles. The second-order valence-electron chi connectivity index (χ2n) is 10.5. The van der Waals surface area contributed by atoms with Gasteiger partial charge >= 0.3 is 0 Å². The van der Waals surface area contributed by atoms with Gasteiger partial charge in [-0.25, -0.2) is 9.36 Å². The fourth-order valence-corrected chi connectivity index (χ4v) is 6.12. The Morgan fingerprint density at radius 3 is 2.10 bits per heavy atom. The molecule has 6 rings (SSSR count). The van der Waals surface area contributed by atoms with Crippen LogP contribution in [0.1, 0.15) is 59.1 Å². The molecule has 7 nitrogen and oxygen atoms in total. The fourth-order valence-electron chi connectivity index (χ4n) is 6.12. The first-order valence-electron chi connectivity index (χ1n) is 13.6. The van der Waals surface area contributed by atoms with Crippen LogP contribution >= 0.6 is 0 Å². The molecular formula is C33H32N6O. The van der Waals surface area contributed by atoms with E-state index in [2.05, 4.69) is 38.1 Å². The van der Waals surface area contributed by atoms with Gasteiger partial charge in [-0.3, -0.25) is 0 Å². The summed E-state index contributed by atoms with van der Waals surface area (Å²) in [5.74, 6) is 0.646. The van der Waals surface area contributed by atoms with Crippen LogP contribution < -0.4 is 5.73 Å². The first-order valence-corrected chi connectivity index (χ1v) is 13.6. The summed E-state index contributed by atoms with van der Waals surface area (Å²) in [5.41, 5.74) is 17.1. The third kappa shape index (κ3) is 4.13. The maximum absolute atomic E-state index is 10.2. The normalized spacial score (nSPS) is 18.1. The van der Waals surface area contributed by atoms with Gasteiger partial charge in [-0.1, -0.05) is 36.4 Å². The third-order valence-electron chi connectivity index (χ3n) is 8.01. The van der Waals surface area contributed by atoms with Gasteiger partial charge in [0.1, 0.15) is 17.4 Å². The molecule has 0 saturated carbocycles.